The number of pyridine rings is 1. The Bertz CT molecular complexity index is 734. The molecule has 8 heteroatoms. The van der Waals surface area contributed by atoms with Crippen molar-refractivity contribution in [2.75, 3.05) is 19.3 Å². The van der Waals surface area contributed by atoms with Gasteiger partial charge in [-0.2, -0.15) is 4.31 Å². The van der Waals surface area contributed by atoms with E-state index >= 15 is 0 Å². The Hall–Kier alpha value is -1.25. The molecule has 0 saturated heterocycles. The first-order valence-corrected chi connectivity index (χ1v) is 9.36. The molecule has 0 radical (unpaired) electrons. The van der Waals surface area contributed by atoms with Gasteiger partial charge in [-0.15, -0.1) is 0 Å². The Morgan fingerprint density at radius 1 is 1.20 bits per heavy atom. The summed E-state index contributed by atoms with van der Waals surface area (Å²) in [5.74, 6) is 0. The maximum absolute atomic E-state index is 12.4. The second kappa shape index (κ2) is 5.27. The smallest absolute Gasteiger partial charge is 0.243 e. The number of hydrogen-bond acceptors (Lipinski definition) is 5. The van der Waals surface area contributed by atoms with E-state index in [1.54, 1.807) is 0 Å². The largest absolute Gasteiger partial charge is 0.244 e. The van der Waals surface area contributed by atoms with Crippen LogP contribution >= 0.6 is 0 Å². The normalized spacial score (nSPS) is 17.8. The van der Waals surface area contributed by atoms with Gasteiger partial charge < -0.3 is 0 Å². The molecule has 110 valence electrons. The molecule has 0 N–H and O–H groups in total. The van der Waals surface area contributed by atoms with Crippen LogP contribution in [0.3, 0.4) is 0 Å². The standard InChI is InChI=1S/C12H16N2O4S2/c1-10-5-7-14(8-6-10)20(17,18)11-3-4-12(13-9-11)19(2,15)16/h3-5,9H,6-8H2,1-2H3. The van der Waals surface area contributed by atoms with Crippen LogP contribution in [0.2, 0.25) is 0 Å². The van der Waals surface area contributed by atoms with Gasteiger partial charge in [0.15, 0.2) is 14.9 Å². The predicted molar refractivity (Wildman–Crippen MR) is 74.5 cm³/mol. The van der Waals surface area contributed by atoms with Crippen LogP contribution in [0.1, 0.15) is 13.3 Å². The summed E-state index contributed by atoms with van der Waals surface area (Å²) in [5.41, 5.74) is 1.17. The quantitative estimate of drug-likeness (QED) is 0.771. The van der Waals surface area contributed by atoms with E-state index in [2.05, 4.69) is 4.98 Å². The summed E-state index contributed by atoms with van der Waals surface area (Å²) in [6.07, 6.45) is 4.70. The first kappa shape index (κ1) is 15.1. The van der Waals surface area contributed by atoms with Gasteiger partial charge in [-0.1, -0.05) is 11.6 Å². The second-order valence-corrected chi connectivity index (χ2v) is 8.67. The van der Waals surface area contributed by atoms with Crippen LogP contribution in [0, 0.1) is 0 Å². The molecule has 0 bridgehead atoms. The molecule has 1 aromatic heterocycles. The van der Waals surface area contributed by atoms with Gasteiger partial charge in [-0.05, 0) is 25.5 Å². The van der Waals surface area contributed by atoms with Gasteiger partial charge in [0.05, 0.1) is 0 Å². The van der Waals surface area contributed by atoms with E-state index in [1.165, 1.54) is 22.0 Å². The molecule has 0 saturated carbocycles. The van der Waals surface area contributed by atoms with Crippen molar-refractivity contribution in [1.82, 2.24) is 9.29 Å². The molecule has 6 nitrogen and oxygen atoms in total. The zero-order valence-corrected chi connectivity index (χ0v) is 12.9. The van der Waals surface area contributed by atoms with E-state index in [0.29, 0.717) is 19.5 Å². The second-order valence-electron chi connectivity index (χ2n) is 4.77. The fourth-order valence-electron chi connectivity index (χ4n) is 1.86. The Labute approximate surface area is 119 Å². The number of aromatic nitrogens is 1. The topological polar surface area (TPSA) is 84.4 Å². The first-order valence-electron chi connectivity index (χ1n) is 6.03. The molecule has 1 aliphatic rings. The summed E-state index contributed by atoms with van der Waals surface area (Å²) in [7, 11) is -7.04. The van der Waals surface area contributed by atoms with Crippen molar-refractivity contribution in [2.45, 2.75) is 23.3 Å². The van der Waals surface area contributed by atoms with Crippen molar-refractivity contribution in [3.63, 3.8) is 0 Å². The van der Waals surface area contributed by atoms with Crippen LogP contribution in [0.5, 0.6) is 0 Å². The molecular formula is C12H16N2O4S2. The van der Waals surface area contributed by atoms with Gasteiger partial charge in [-0.25, -0.2) is 21.8 Å². The lowest BCUT2D eigenvalue weighted by molar-refractivity contribution is 0.431. The highest BCUT2D eigenvalue weighted by molar-refractivity contribution is 7.90. The lowest BCUT2D eigenvalue weighted by Crippen LogP contribution is -2.34. The third kappa shape index (κ3) is 3.08. The highest BCUT2D eigenvalue weighted by atomic mass is 32.2. The van der Waals surface area contributed by atoms with Gasteiger partial charge in [-0.3, -0.25) is 0 Å². The SMILES string of the molecule is CC1=CCN(S(=O)(=O)c2ccc(S(C)(=O)=O)nc2)CC1. The molecule has 20 heavy (non-hydrogen) atoms. The zero-order valence-electron chi connectivity index (χ0n) is 11.3. The van der Waals surface area contributed by atoms with Crippen LogP contribution < -0.4 is 0 Å². The Kier molecular flexibility index (Phi) is 3.99. The lowest BCUT2D eigenvalue weighted by Gasteiger charge is -2.24. The number of sulfonamides is 1. The Morgan fingerprint density at radius 3 is 2.35 bits per heavy atom. The third-order valence-electron chi connectivity index (χ3n) is 3.13. The fraction of sp³-hybridized carbons (Fsp3) is 0.417. The van der Waals surface area contributed by atoms with E-state index in [0.717, 1.165) is 12.5 Å². The van der Waals surface area contributed by atoms with Gasteiger partial charge in [0.25, 0.3) is 0 Å². The van der Waals surface area contributed by atoms with Crippen LogP contribution in [-0.4, -0.2) is 45.5 Å². The minimum atomic E-state index is -3.62. The van der Waals surface area contributed by atoms with E-state index in [-0.39, 0.29) is 9.92 Å². The summed E-state index contributed by atoms with van der Waals surface area (Å²) in [6.45, 7) is 2.73. The lowest BCUT2D eigenvalue weighted by atomic mass is 10.1. The Morgan fingerprint density at radius 2 is 1.90 bits per heavy atom. The van der Waals surface area contributed by atoms with Crippen molar-refractivity contribution in [3.8, 4) is 0 Å². The van der Waals surface area contributed by atoms with Crippen LogP contribution in [0.15, 0.2) is 39.9 Å². The molecule has 0 unspecified atom stereocenters. The number of rotatable bonds is 3. The molecule has 2 heterocycles. The minimum absolute atomic E-state index is 0.0119. The first-order chi connectivity index (χ1) is 9.21. The van der Waals surface area contributed by atoms with Crippen molar-refractivity contribution < 1.29 is 16.8 Å². The minimum Gasteiger partial charge on any atom is -0.243 e. The average Bonchev–Trinajstić information content (AvgIpc) is 2.38. The summed E-state index contributed by atoms with van der Waals surface area (Å²) in [5, 5.41) is -0.133. The number of sulfone groups is 1. The molecule has 1 aromatic rings. The van der Waals surface area contributed by atoms with Crippen LogP contribution in [-0.2, 0) is 19.9 Å². The maximum Gasteiger partial charge on any atom is 0.244 e. The summed E-state index contributed by atoms with van der Waals surface area (Å²) < 4.78 is 48.7. The molecule has 2 rings (SSSR count). The highest BCUT2D eigenvalue weighted by Crippen LogP contribution is 2.20. The molecule has 0 fully saturated rings. The molecule has 0 spiro atoms. The van der Waals surface area contributed by atoms with Crippen molar-refractivity contribution >= 4 is 19.9 Å². The monoisotopic (exact) mass is 316 g/mol. The molecular weight excluding hydrogens is 300 g/mol. The van der Waals surface area contributed by atoms with Gasteiger partial charge >= 0.3 is 0 Å². The maximum atomic E-state index is 12.4. The predicted octanol–water partition coefficient (Wildman–Crippen LogP) is 0.826. The molecule has 0 aromatic carbocycles. The molecule has 0 amide bonds. The third-order valence-corrected chi connectivity index (χ3v) is 5.98. The Balaban J connectivity index is 2.31. The van der Waals surface area contributed by atoms with E-state index in [9.17, 15) is 16.8 Å². The summed E-state index contributed by atoms with van der Waals surface area (Å²) in [4.78, 5) is 3.73. The molecule has 0 aliphatic carbocycles. The van der Waals surface area contributed by atoms with E-state index in [4.69, 9.17) is 0 Å². The van der Waals surface area contributed by atoms with Gasteiger partial charge in [0, 0.05) is 25.5 Å². The van der Waals surface area contributed by atoms with Gasteiger partial charge in [0.2, 0.25) is 10.0 Å². The van der Waals surface area contributed by atoms with Gasteiger partial charge in [0.1, 0.15) is 4.90 Å². The van der Waals surface area contributed by atoms with Crippen LogP contribution in [0.25, 0.3) is 0 Å². The zero-order chi connectivity index (χ0) is 15.0. The molecule has 1 aliphatic heterocycles. The number of nitrogens with zero attached hydrogens (tertiary/aromatic N) is 2. The van der Waals surface area contributed by atoms with E-state index < -0.39 is 19.9 Å². The summed E-state index contributed by atoms with van der Waals surface area (Å²) >= 11 is 0. The highest BCUT2D eigenvalue weighted by Gasteiger charge is 2.26. The van der Waals surface area contributed by atoms with Crippen molar-refractivity contribution in [3.05, 3.63) is 30.0 Å². The fourth-order valence-corrected chi connectivity index (χ4v) is 3.74. The molecule has 0 atom stereocenters. The van der Waals surface area contributed by atoms with Crippen molar-refractivity contribution in [2.24, 2.45) is 0 Å². The summed E-state index contributed by atoms with van der Waals surface area (Å²) in [6, 6.07) is 2.50. The van der Waals surface area contributed by atoms with E-state index in [1.807, 2.05) is 13.0 Å². The van der Waals surface area contributed by atoms with Crippen LogP contribution in [0.4, 0.5) is 0 Å². The average molecular weight is 316 g/mol. The number of hydrogen-bond donors (Lipinski definition) is 0. The van der Waals surface area contributed by atoms with Crippen molar-refractivity contribution in [1.29, 1.82) is 0 Å².